The first-order valence-electron chi connectivity index (χ1n) is 14.7. The van der Waals surface area contributed by atoms with Crippen LogP contribution >= 0.6 is 7.75 Å². The predicted molar refractivity (Wildman–Crippen MR) is 161 cm³/mol. The maximum absolute atomic E-state index is 14.1. The quantitative estimate of drug-likeness (QED) is 0.205. The number of ether oxygens (including phenoxy) is 3. The van der Waals surface area contributed by atoms with E-state index in [-0.39, 0.29) is 11.9 Å². The molecule has 15 nitrogen and oxygen atoms in total. The molecule has 0 radical (unpaired) electrons. The Morgan fingerprint density at radius 3 is 2.47 bits per heavy atom. The molecule has 1 aromatic carbocycles. The number of benzene rings is 1. The summed E-state index contributed by atoms with van der Waals surface area (Å²) in [7, 11) is -4.35. The lowest BCUT2D eigenvalue weighted by atomic mass is 9.92. The van der Waals surface area contributed by atoms with Crippen LogP contribution in [0.25, 0.3) is 0 Å². The Morgan fingerprint density at radius 1 is 1.18 bits per heavy atom. The number of carbonyl (C=O) groups is 2. The van der Waals surface area contributed by atoms with Crippen LogP contribution in [0.15, 0.2) is 52.2 Å². The number of alkyl carbamates (subject to hydrolysis) is 1. The van der Waals surface area contributed by atoms with E-state index in [1.807, 2.05) is 0 Å². The number of hydrogen-bond acceptors (Lipinski definition) is 11. The molecule has 1 aliphatic heterocycles. The molecule has 1 aromatic heterocycles. The van der Waals surface area contributed by atoms with Gasteiger partial charge in [0.25, 0.3) is 5.56 Å². The number of aliphatic hydroxyl groups is 1. The molecule has 45 heavy (non-hydrogen) atoms. The van der Waals surface area contributed by atoms with Gasteiger partial charge >= 0.3 is 25.5 Å². The lowest BCUT2D eigenvalue weighted by Gasteiger charge is -2.34. The zero-order valence-corrected chi connectivity index (χ0v) is 26.8. The molecule has 0 bridgehead atoms. The van der Waals surface area contributed by atoms with Crippen LogP contribution in [0.5, 0.6) is 5.75 Å². The van der Waals surface area contributed by atoms with Gasteiger partial charge in [0.1, 0.15) is 41.2 Å². The van der Waals surface area contributed by atoms with Crippen molar-refractivity contribution in [2.75, 3.05) is 6.61 Å². The molecule has 2 heterocycles. The minimum Gasteiger partial charge on any atom is -0.461 e. The highest BCUT2D eigenvalue weighted by molar-refractivity contribution is 7.52. The molecule has 1 aliphatic carbocycles. The molecule has 4 N–H and O–H groups in total. The maximum atomic E-state index is 14.1. The maximum Gasteiger partial charge on any atom is 0.459 e. The molecular weight excluding hydrogens is 611 g/mol. The molecular formula is C29H41N4O11P. The van der Waals surface area contributed by atoms with Crippen molar-refractivity contribution in [1.82, 2.24) is 20.0 Å². The van der Waals surface area contributed by atoms with Crippen molar-refractivity contribution in [3.63, 3.8) is 0 Å². The van der Waals surface area contributed by atoms with Crippen molar-refractivity contribution < 1.29 is 42.5 Å². The Balaban J connectivity index is 1.57. The van der Waals surface area contributed by atoms with Crippen LogP contribution in [-0.4, -0.2) is 68.8 Å². The smallest absolute Gasteiger partial charge is 0.459 e. The van der Waals surface area contributed by atoms with E-state index in [0.717, 1.165) is 42.5 Å². The average molecular weight is 653 g/mol. The van der Waals surface area contributed by atoms with Crippen LogP contribution < -0.4 is 26.2 Å². The molecule has 0 spiro atoms. The zero-order chi connectivity index (χ0) is 33.0. The Labute approximate surface area is 260 Å². The van der Waals surface area contributed by atoms with E-state index < -0.39 is 73.3 Å². The van der Waals surface area contributed by atoms with Crippen LogP contribution in [0.2, 0.25) is 0 Å². The van der Waals surface area contributed by atoms with Crippen molar-refractivity contribution in [3.8, 4) is 5.75 Å². The fraction of sp³-hybridized carbons (Fsp3) is 0.586. The molecule has 1 amide bonds. The van der Waals surface area contributed by atoms with Gasteiger partial charge in [-0.1, -0.05) is 18.2 Å². The van der Waals surface area contributed by atoms with Crippen LogP contribution in [0.4, 0.5) is 4.79 Å². The van der Waals surface area contributed by atoms with Gasteiger partial charge in [-0.05, 0) is 72.4 Å². The van der Waals surface area contributed by atoms with E-state index in [2.05, 4.69) is 15.4 Å². The number of carbonyl (C=O) groups excluding carboxylic acids is 2. The van der Waals surface area contributed by atoms with Crippen molar-refractivity contribution in [3.05, 3.63) is 63.4 Å². The number of aliphatic hydroxyl groups excluding tert-OH is 1. The Hall–Kier alpha value is -3.49. The molecule has 248 valence electrons. The summed E-state index contributed by atoms with van der Waals surface area (Å²) in [6.45, 7) is 7.26. The minimum atomic E-state index is -4.35. The van der Waals surface area contributed by atoms with E-state index in [4.69, 9.17) is 23.3 Å². The number of rotatable bonds is 11. The zero-order valence-electron chi connectivity index (χ0n) is 25.9. The number of esters is 1. The van der Waals surface area contributed by atoms with Crippen LogP contribution in [0.3, 0.4) is 0 Å². The Bertz CT molecular complexity index is 1500. The third-order valence-corrected chi connectivity index (χ3v) is 8.97. The summed E-state index contributed by atoms with van der Waals surface area (Å²) in [6, 6.07) is 8.10. The van der Waals surface area contributed by atoms with Gasteiger partial charge in [-0.3, -0.25) is 23.7 Å². The second kappa shape index (κ2) is 13.9. The fourth-order valence-electron chi connectivity index (χ4n) is 5.11. The topological polar surface area (TPSA) is 197 Å². The number of H-pyrrole nitrogens is 1. The second-order valence-electron chi connectivity index (χ2n) is 12.3. The van der Waals surface area contributed by atoms with Crippen LogP contribution in [-0.2, 0) is 28.1 Å². The summed E-state index contributed by atoms with van der Waals surface area (Å²) in [5.41, 5.74) is -4.13. The molecule has 2 fully saturated rings. The lowest BCUT2D eigenvalue weighted by Crippen LogP contribution is -2.59. The SMILES string of the molecule is CC(NP(=O)(OC[C@H]1O[C@@H](n2ccc(=O)[nH]c2=O)[C@](C)(NC(=O)OC(C)(C)C)[C@@H]1O)Oc1ccccc1)C(=O)OC1CCCC1. The van der Waals surface area contributed by atoms with Gasteiger partial charge in [0.15, 0.2) is 6.23 Å². The van der Waals surface area contributed by atoms with E-state index in [0.29, 0.717) is 0 Å². The summed E-state index contributed by atoms with van der Waals surface area (Å²) in [4.78, 5) is 52.2. The number of hydrogen-bond donors (Lipinski definition) is 4. The highest BCUT2D eigenvalue weighted by atomic mass is 31.2. The molecule has 4 rings (SSSR count). The fourth-order valence-corrected chi connectivity index (χ4v) is 6.62. The first kappa shape index (κ1) is 34.4. The van der Waals surface area contributed by atoms with Gasteiger partial charge in [-0.25, -0.2) is 14.2 Å². The average Bonchev–Trinajstić information content (AvgIpc) is 3.53. The van der Waals surface area contributed by atoms with E-state index in [1.54, 1.807) is 51.1 Å². The van der Waals surface area contributed by atoms with E-state index in [9.17, 15) is 28.8 Å². The third kappa shape index (κ3) is 8.82. The molecule has 2 unspecified atom stereocenters. The van der Waals surface area contributed by atoms with Gasteiger partial charge in [-0.15, -0.1) is 0 Å². The normalized spacial score (nSPS) is 25.7. The molecule has 2 aliphatic rings. The summed E-state index contributed by atoms with van der Waals surface area (Å²) in [5, 5.41) is 16.6. The molecule has 1 saturated carbocycles. The number of nitrogens with one attached hydrogen (secondary N) is 3. The molecule has 16 heteroatoms. The van der Waals surface area contributed by atoms with E-state index >= 15 is 0 Å². The number of amides is 1. The number of nitrogens with zero attached hydrogens (tertiary/aromatic N) is 1. The van der Waals surface area contributed by atoms with Crippen molar-refractivity contribution >= 4 is 19.8 Å². The first-order valence-corrected chi connectivity index (χ1v) is 16.3. The van der Waals surface area contributed by atoms with Gasteiger partial charge in [0.2, 0.25) is 0 Å². The summed E-state index contributed by atoms with van der Waals surface area (Å²) in [5.74, 6) is -0.460. The first-order chi connectivity index (χ1) is 21.1. The largest absolute Gasteiger partial charge is 0.461 e. The molecule has 2 aromatic rings. The van der Waals surface area contributed by atoms with Crippen molar-refractivity contribution in [2.24, 2.45) is 0 Å². The van der Waals surface area contributed by atoms with Gasteiger partial charge in [-0.2, -0.15) is 5.09 Å². The number of aromatic nitrogens is 2. The van der Waals surface area contributed by atoms with Crippen molar-refractivity contribution in [2.45, 2.75) is 102 Å². The Morgan fingerprint density at radius 2 is 1.84 bits per heavy atom. The highest BCUT2D eigenvalue weighted by Crippen LogP contribution is 2.47. The molecule has 6 atom stereocenters. The minimum absolute atomic E-state index is 0.173. The predicted octanol–water partition coefficient (Wildman–Crippen LogP) is 2.75. The third-order valence-electron chi connectivity index (χ3n) is 7.33. The van der Waals surface area contributed by atoms with Crippen LogP contribution in [0.1, 0.15) is 66.5 Å². The number of aromatic amines is 1. The monoisotopic (exact) mass is 652 g/mol. The standard InChI is InChI=1S/C29H41N4O11P/c1-18(24(36)41-19-11-9-10-12-19)32-45(39,44-20-13-7-6-8-14-20)40-17-21-23(35)29(5,31-27(38)43-28(2,3)4)25(42-21)33-16-15-22(34)30-26(33)37/h6-8,13-16,18-19,21,23,25,35H,9-12,17H2,1-5H3,(H,31,38)(H,32,39)(H,30,34,37)/t18?,21-,23-,25-,29-,45?/m1/s1. The number of para-hydroxylation sites is 1. The second-order valence-corrected chi connectivity index (χ2v) is 14.0. The van der Waals surface area contributed by atoms with Gasteiger partial charge in [0, 0.05) is 12.3 Å². The molecule has 1 saturated heterocycles. The summed E-state index contributed by atoms with van der Waals surface area (Å²) >= 11 is 0. The summed E-state index contributed by atoms with van der Waals surface area (Å²) in [6.07, 6.45) is -0.813. The Kier molecular flexibility index (Phi) is 10.6. The lowest BCUT2D eigenvalue weighted by molar-refractivity contribution is -0.150. The van der Waals surface area contributed by atoms with Gasteiger partial charge < -0.3 is 29.2 Å². The van der Waals surface area contributed by atoms with Gasteiger partial charge in [0.05, 0.1) is 6.61 Å². The summed E-state index contributed by atoms with van der Waals surface area (Å²) < 4.78 is 43.4. The highest BCUT2D eigenvalue weighted by Gasteiger charge is 2.56. The van der Waals surface area contributed by atoms with Crippen molar-refractivity contribution in [1.29, 1.82) is 0 Å². The van der Waals surface area contributed by atoms with Crippen LogP contribution in [0, 0.1) is 0 Å². The van der Waals surface area contributed by atoms with E-state index in [1.165, 1.54) is 13.8 Å².